The van der Waals surface area contributed by atoms with Gasteiger partial charge in [-0.1, -0.05) is 29.8 Å². The van der Waals surface area contributed by atoms with Crippen LogP contribution in [0.4, 0.5) is 11.5 Å². The highest BCUT2D eigenvalue weighted by molar-refractivity contribution is 6.33. The maximum absolute atomic E-state index is 6.01. The number of aromatic nitrogens is 1. The first-order valence-electron chi connectivity index (χ1n) is 4.82. The maximum atomic E-state index is 6.01. The van der Waals surface area contributed by atoms with Crippen molar-refractivity contribution in [2.45, 2.75) is 5.88 Å². The SMILES string of the molecule is ClCc1ccccc1Nc1ncccc1Cl. The molecule has 1 aromatic carbocycles. The molecular weight excluding hydrogens is 243 g/mol. The molecule has 0 aliphatic carbocycles. The fourth-order valence-corrected chi connectivity index (χ4v) is 1.77. The van der Waals surface area contributed by atoms with E-state index >= 15 is 0 Å². The van der Waals surface area contributed by atoms with Gasteiger partial charge >= 0.3 is 0 Å². The van der Waals surface area contributed by atoms with Crippen molar-refractivity contribution in [2.24, 2.45) is 0 Å². The molecule has 0 bridgehead atoms. The van der Waals surface area contributed by atoms with Crippen LogP contribution in [0, 0.1) is 0 Å². The molecule has 1 N–H and O–H groups in total. The minimum absolute atomic E-state index is 0.452. The minimum Gasteiger partial charge on any atom is -0.339 e. The van der Waals surface area contributed by atoms with Crippen LogP contribution in [0.15, 0.2) is 42.6 Å². The summed E-state index contributed by atoms with van der Waals surface area (Å²) in [4.78, 5) is 4.16. The molecule has 16 heavy (non-hydrogen) atoms. The average molecular weight is 253 g/mol. The third kappa shape index (κ3) is 2.46. The highest BCUT2D eigenvalue weighted by atomic mass is 35.5. The molecule has 1 heterocycles. The van der Waals surface area contributed by atoms with Gasteiger partial charge in [0.15, 0.2) is 0 Å². The van der Waals surface area contributed by atoms with Gasteiger partial charge in [0.1, 0.15) is 5.82 Å². The molecule has 0 spiro atoms. The highest BCUT2D eigenvalue weighted by Gasteiger charge is 2.04. The quantitative estimate of drug-likeness (QED) is 0.828. The fourth-order valence-electron chi connectivity index (χ4n) is 1.36. The molecule has 0 aliphatic heterocycles. The lowest BCUT2D eigenvalue weighted by Crippen LogP contribution is -1.96. The molecule has 4 heteroatoms. The lowest BCUT2D eigenvalue weighted by Gasteiger charge is -2.10. The second kappa shape index (κ2) is 5.19. The number of hydrogen-bond acceptors (Lipinski definition) is 2. The Kier molecular flexibility index (Phi) is 3.65. The summed E-state index contributed by atoms with van der Waals surface area (Å²) in [6, 6.07) is 11.4. The fraction of sp³-hybridized carbons (Fsp3) is 0.0833. The summed E-state index contributed by atoms with van der Waals surface area (Å²) in [7, 11) is 0. The van der Waals surface area contributed by atoms with Crippen molar-refractivity contribution in [2.75, 3.05) is 5.32 Å². The normalized spacial score (nSPS) is 10.1. The van der Waals surface area contributed by atoms with E-state index in [4.69, 9.17) is 23.2 Å². The minimum atomic E-state index is 0.452. The number of halogens is 2. The number of nitrogens with one attached hydrogen (secondary N) is 1. The largest absolute Gasteiger partial charge is 0.339 e. The third-order valence-electron chi connectivity index (χ3n) is 2.17. The van der Waals surface area contributed by atoms with Crippen LogP contribution in [0.3, 0.4) is 0 Å². The second-order valence-corrected chi connectivity index (χ2v) is 3.92. The summed E-state index contributed by atoms with van der Waals surface area (Å²) in [5.74, 6) is 1.09. The van der Waals surface area contributed by atoms with Gasteiger partial charge in [-0.3, -0.25) is 0 Å². The summed E-state index contributed by atoms with van der Waals surface area (Å²) >= 11 is 11.9. The number of rotatable bonds is 3. The molecule has 0 amide bonds. The van der Waals surface area contributed by atoms with Crippen LogP contribution in [-0.4, -0.2) is 4.98 Å². The van der Waals surface area contributed by atoms with Crippen molar-refractivity contribution >= 4 is 34.7 Å². The van der Waals surface area contributed by atoms with Crippen LogP contribution < -0.4 is 5.32 Å². The Balaban J connectivity index is 2.30. The Morgan fingerprint density at radius 3 is 2.69 bits per heavy atom. The molecule has 0 saturated heterocycles. The van der Waals surface area contributed by atoms with Crippen LogP contribution >= 0.6 is 23.2 Å². The summed E-state index contributed by atoms with van der Waals surface area (Å²) < 4.78 is 0. The van der Waals surface area contributed by atoms with E-state index in [2.05, 4.69) is 10.3 Å². The predicted octanol–water partition coefficient (Wildman–Crippen LogP) is 4.22. The topological polar surface area (TPSA) is 24.9 Å². The van der Waals surface area contributed by atoms with E-state index in [1.54, 1.807) is 18.3 Å². The molecule has 0 radical (unpaired) electrons. The Morgan fingerprint density at radius 1 is 1.12 bits per heavy atom. The van der Waals surface area contributed by atoms with Crippen molar-refractivity contribution in [3.63, 3.8) is 0 Å². The van der Waals surface area contributed by atoms with Crippen molar-refractivity contribution in [3.05, 3.63) is 53.2 Å². The van der Waals surface area contributed by atoms with Crippen molar-refractivity contribution < 1.29 is 0 Å². The Bertz CT molecular complexity index is 486. The summed E-state index contributed by atoms with van der Waals surface area (Å²) in [5, 5.41) is 3.75. The van der Waals surface area contributed by atoms with E-state index in [1.165, 1.54) is 0 Å². The molecular formula is C12H10Cl2N2. The first kappa shape index (κ1) is 11.2. The van der Waals surface area contributed by atoms with Crippen molar-refractivity contribution in [1.29, 1.82) is 0 Å². The smallest absolute Gasteiger partial charge is 0.149 e. The van der Waals surface area contributed by atoms with E-state index in [0.29, 0.717) is 16.7 Å². The van der Waals surface area contributed by atoms with Gasteiger partial charge in [0, 0.05) is 17.8 Å². The zero-order valence-electron chi connectivity index (χ0n) is 8.45. The first-order valence-corrected chi connectivity index (χ1v) is 5.74. The van der Waals surface area contributed by atoms with Crippen LogP contribution in [0.1, 0.15) is 5.56 Å². The zero-order chi connectivity index (χ0) is 11.4. The molecule has 2 nitrogen and oxygen atoms in total. The predicted molar refractivity (Wildman–Crippen MR) is 68.5 cm³/mol. The van der Waals surface area contributed by atoms with Gasteiger partial charge in [-0.15, -0.1) is 11.6 Å². The van der Waals surface area contributed by atoms with Crippen LogP contribution in [0.5, 0.6) is 0 Å². The number of pyridine rings is 1. The van der Waals surface area contributed by atoms with Crippen LogP contribution in [0.2, 0.25) is 5.02 Å². The number of hydrogen-bond donors (Lipinski definition) is 1. The molecule has 0 aliphatic rings. The third-order valence-corrected chi connectivity index (χ3v) is 2.77. The Labute approximate surface area is 104 Å². The number of benzene rings is 1. The number of para-hydroxylation sites is 1. The van der Waals surface area contributed by atoms with Gasteiger partial charge in [0.25, 0.3) is 0 Å². The molecule has 2 aromatic rings. The Morgan fingerprint density at radius 2 is 1.94 bits per heavy atom. The highest BCUT2D eigenvalue weighted by Crippen LogP contribution is 2.25. The molecule has 2 rings (SSSR count). The Hall–Kier alpha value is -1.25. The molecule has 82 valence electrons. The number of nitrogens with zero attached hydrogens (tertiary/aromatic N) is 1. The van der Waals surface area contributed by atoms with E-state index < -0.39 is 0 Å². The van der Waals surface area contributed by atoms with Crippen LogP contribution in [-0.2, 0) is 5.88 Å². The lowest BCUT2D eigenvalue weighted by atomic mass is 10.2. The molecule has 0 saturated carbocycles. The van der Waals surface area contributed by atoms with E-state index in [-0.39, 0.29) is 0 Å². The second-order valence-electron chi connectivity index (χ2n) is 3.25. The van der Waals surface area contributed by atoms with Gasteiger partial charge in [0.05, 0.1) is 5.02 Å². The number of alkyl halides is 1. The van der Waals surface area contributed by atoms with Gasteiger partial charge in [-0.05, 0) is 23.8 Å². The average Bonchev–Trinajstić information content (AvgIpc) is 2.33. The first-order chi connectivity index (χ1) is 7.81. The standard InChI is InChI=1S/C12H10Cl2N2/c13-8-9-4-1-2-6-11(9)16-12-10(14)5-3-7-15-12/h1-7H,8H2,(H,15,16). The monoisotopic (exact) mass is 252 g/mol. The van der Waals surface area contributed by atoms with Gasteiger partial charge in [-0.25, -0.2) is 4.98 Å². The number of anilines is 2. The van der Waals surface area contributed by atoms with Crippen molar-refractivity contribution in [1.82, 2.24) is 4.98 Å². The van der Waals surface area contributed by atoms with Crippen molar-refractivity contribution in [3.8, 4) is 0 Å². The molecule has 0 fully saturated rings. The molecule has 0 atom stereocenters. The van der Waals surface area contributed by atoms with Gasteiger partial charge in [-0.2, -0.15) is 0 Å². The van der Waals surface area contributed by atoms with Crippen LogP contribution in [0.25, 0.3) is 0 Å². The van der Waals surface area contributed by atoms with Gasteiger partial charge < -0.3 is 5.32 Å². The van der Waals surface area contributed by atoms with E-state index in [0.717, 1.165) is 11.3 Å². The molecule has 0 unspecified atom stereocenters. The van der Waals surface area contributed by atoms with E-state index in [9.17, 15) is 0 Å². The maximum Gasteiger partial charge on any atom is 0.149 e. The summed E-state index contributed by atoms with van der Waals surface area (Å²) in [5.41, 5.74) is 1.95. The summed E-state index contributed by atoms with van der Waals surface area (Å²) in [6.45, 7) is 0. The lowest BCUT2D eigenvalue weighted by molar-refractivity contribution is 1.29. The summed E-state index contributed by atoms with van der Waals surface area (Å²) in [6.07, 6.45) is 1.69. The zero-order valence-corrected chi connectivity index (χ0v) is 9.96. The van der Waals surface area contributed by atoms with Gasteiger partial charge in [0.2, 0.25) is 0 Å². The molecule has 1 aromatic heterocycles. The van der Waals surface area contributed by atoms with E-state index in [1.807, 2.05) is 24.3 Å².